The average molecular weight is 222 g/mol. The van der Waals surface area contributed by atoms with Crippen molar-refractivity contribution in [3.63, 3.8) is 0 Å². The van der Waals surface area contributed by atoms with Crippen molar-refractivity contribution < 1.29 is 24.7 Å². The first-order valence-electron chi connectivity index (χ1n) is 4.58. The molecule has 1 aromatic rings. The maximum absolute atomic E-state index is 10.1. The zero-order valence-corrected chi connectivity index (χ0v) is 8.41. The normalized spacial score (nSPS) is 10.4. The second-order valence-electron chi connectivity index (χ2n) is 2.99. The van der Waals surface area contributed by atoms with E-state index in [-0.39, 0.29) is 6.61 Å². The number of carbonyl (C=O) groups is 1. The van der Waals surface area contributed by atoms with E-state index in [1.54, 1.807) is 12.1 Å². The highest BCUT2D eigenvalue weighted by Crippen LogP contribution is 2.07. The van der Waals surface area contributed by atoms with E-state index in [1.807, 2.05) is 0 Å². The fourth-order valence-electron chi connectivity index (χ4n) is 1.03. The molecule has 5 nitrogen and oxygen atoms in total. The lowest BCUT2D eigenvalue weighted by atomic mass is 9.80. The monoisotopic (exact) mass is 222 g/mol. The maximum Gasteiger partial charge on any atom is 0.488 e. The van der Waals surface area contributed by atoms with Crippen molar-refractivity contribution in [2.24, 2.45) is 0 Å². The summed E-state index contributed by atoms with van der Waals surface area (Å²) in [5.74, 6) is -0.498. The van der Waals surface area contributed by atoms with E-state index in [0.717, 1.165) is 6.08 Å². The van der Waals surface area contributed by atoms with Gasteiger partial charge in [-0.25, -0.2) is 4.79 Å². The Labute approximate surface area is 92.8 Å². The van der Waals surface area contributed by atoms with E-state index in [4.69, 9.17) is 19.9 Å². The topological polar surface area (TPSA) is 87.0 Å². The van der Waals surface area contributed by atoms with Gasteiger partial charge in [-0.3, -0.25) is 0 Å². The number of aliphatic carboxylic acids is 1. The highest BCUT2D eigenvalue weighted by Gasteiger charge is 2.09. The Morgan fingerprint density at radius 1 is 1.31 bits per heavy atom. The van der Waals surface area contributed by atoms with Crippen LogP contribution in [0.2, 0.25) is 0 Å². The van der Waals surface area contributed by atoms with Gasteiger partial charge >= 0.3 is 13.1 Å². The fraction of sp³-hybridized carbons (Fsp3) is 0.100. The van der Waals surface area contributed by atoms with Gasteiger partial charge in [-0.05, 0) is 23.7 Å². The van der Waals surface area contributed by atoms with Gasteiger partial charge in [-0.15, -0.1) is 0 Å². The number of hydrogen-bond acceptors (Lipinski definition) is 4. The molecular weight excluding hydrogens is 211 g/mol. The molecule has 84 valence electrons. The summed E-state index contributed by atoms with van der Waals surface area (Å²) in [5, 5.41) is 26.0. The Balaban J connectivity index is 2.46. The largest absolute Gasteiger partial charge is 0.490 e. The third-order valence-corrected chi connectivity index (χ3v) is 1.78. The van der Waals surface area contributed by atoms with Crippen LogP contribution in [0.1, 0.15) is 0 Å². The van der Waals surface area contributed by atoms with E-state index < -0.39 is 13.1 Å². The Bertz CT molecular complexity index is 371. The maximum atomic E-state index is 10.1. The van der Waals surface area contributed by atoms with Crippen LogP contribution in [0, 0.1) is 0 Å². The van der Waals surface area contributed by atoms with Crippen molar-refractivity contribution >= 4 is 18.6 Å². The number of benzene rings is 1. The van der Waals surface area contributed by atoms with Crippen LogP contribution in [-0.2, 0) is 4.79 Å². The quantitative estimate of drug-likeness (QED) is 0.456. The zero-order valence-electron chi connectivity index (χ0n) is 8.41. The van der Waals surface area contributed by atoms with Gasteiger partial charge in [0.1, 0.15) is 12.4 Å². The lowest BCUT2D eigenvalue weighted by molar-refractivity contribution is -0.131. The molecule has 0 unspecified atom stereocenters. The molecule has 0 saturated heterocycles. The number of ether oxygens (including phenoxy) is 1. The molecule has 0 spiro atoms. The van der Waals surface area contributed by atoms with Crippen LogP contribution in [0.5, 0.6) is 5.75 Å². The van der Waals surface area contributed by atoms with Gasteiger partial charge in [0.05, 0.1) is 0 Å². The molecule has 0 fully saturated rings. The van der Waals surface area contributed by atoms with E-state index >= 15 is 0 Å². The van der Waals surface area contributed by atoms with Crippen LogP contribution < -0.4 is 10.2 Å². The van der Waals surface area contributed by atoms with E-state index in [9.17, 15) is 4.79 Å². The molecule has 0 aromatic heterocycles. The minimum atomic E-state index is -1.50. The minimum absolute atomic E-state index is 0.146. The average Bonchev–Trinajstić information content (AvgIpc) is 2.25. The predicted molar refractivity (Wildman–Crippen MR) is 58.5 cm³/mol. The highest BCUT2D eigenvalue weighted by atomic mass is 16.5. The first-order valence-corrected chi connectivity index (χ1v) is 4.58. The second kappa shape index (κ2) is 5.94. The molecule has 0 aliphatic heterocycles. The molecule has 0 saturated carbocycles. The van der Waals surface area contributed by atoms with Gasteiger partial charge in [0.25, 0.3) is 0 Å². The number of carboxylic acids is 1. The zero-order chi connectivity index (χ0) is 12.0. The van der Waals surface area contributed by atoms with Crippen molar-refractivity contribution in [3.8, 4) is 5.75 Å². The molecule has 3 N–H and O–H groups in total. The van der Waals surface area contributed by atoms with E-state index in [1.165, 1.54) is 18.2 Å². The second-order valence-corrected chi connectivity index (χ2v) is 2.99. The van der Waals surface area contributed by atoms with Crippen molar-refractivity contribution in [1.82, 2.24) is 0 Å². The third-order valence-electron chi connectivity index (χ3n) is 1.78. The molecule has 0 bridgehead atoms. The van der Waals surface area contributed by atoms with Gasteiger partial charge in [0.2, 0.25) is 0 Å². The summed E-state index contributed by atoms with van der Waals surface area (Å²) >= 11 is 0. The summed E-state index contributed by atoms with van der Waals surface area (Å²) in [6.45, 7) is 0.146. The van der Waals surface area contributed by atoms with Gasteiger partial charge in [-0.2, -0.15) is 0 Å². The summed E-state index contributed by atoms with van der Waals surface area (Å²) in [7, 11) is -1.50. The van der Waals surface area contributed by atoms with Crippen molar-refractivity contribution in [3.05, 3.63) is 36.4 Å². The molecule has 0 heterocycles. The molecule has 1 aromatic carbocycles. The van der Waals surface area contributed by atoms with Gasteiger partial charge in [-0.1, -0.05) is 12.1 Å². The molecule has 1 rings (SSSR count). The van der Waals surface area contributed by atoms with Crippen molar-refractivity contribution in [1.29, 1.82) is 0 Å². The highest BCUT2D eigenvalue weighted by molar-refractivity contribution is 6.58. The van der Waals surface area contributed by atoms with Crippen LogP contribution >= 0.6 is 0 Å². The van der Waals surface area contributed by atoms with Crippen LogP contribution in [0.3, 0.4) is 0 Å². The summed E-state index contributed by atoms with van der Waals surface area (Å²) in [6, 6.07) is 6.18. The molecule has 16 heavy (non-hydrogen) atoms. The molecule has 0 aliphatic rings. The van der Waals surface area contributed by atoms with Crippen LogP contribution in [-0.4, -0.2) is 34.8 Å². The fourth-order valence-corrected chi connectivity index (χ4v) is 1.03. The summed E-state index contributed by atoms with van der Waals surface area (Å²) in [5.41, 5.74) is 0.369. The standard InChI is InChI=1S/C10H11BO5/c12-10(13)2-1-7-16-9-5-3-8(4-6-9)11(14)15/h1-6,14-15H,7H2,(H,12,13)/b2-1+. The number of carboxylic acid groups (broad SMARTS) is 1. The molecule has 0 amide bonds. The number of rotatable bonds is 5. The van der Waals surface area contributed by atoms with Crippen LogP contribution in [0.25, 0.3) is 0 Å². The van der Waals surface area contributed by atoms with Crippen molar-refractivity contribution in [2.45, 2.75) is 0 Å². The third kappa shape index (κ3) is 4.16. The smallest absolute Gasteiger partial charge is 0.488 e. The van der Waals surface area contributed by atoms with E-state index in [0.29, 0.717) is 11.2 Å². The summed E-state index contributed by atoms with van der Waals surface area (Å²) in [6.07, 6.45) is 2.36. The molecule has 0 aliphatic carbocycles. The molecule has 0 radical (unpaired) electrons. The Morgan fingerprint density at radius 2 is 1.94 bits per heavy atom. The SMILES string of the molecule is O=C(O)/C=C/COc1ccc(B(O)O)cc1. The Kier molecular flexibility index (Phi) is 4.56. The van der Waals surface area contributed by atoms with Gasteiger partial charge in [0.15, 0.2) is 0 Å². The first kappa shape index (κ1) is 12.3. The predicted octanol–water partition coefficient (Wildman–Crippen LogP) is -0.614. The Morgan fingerprint density at radius 3 is 2.44 bits per heavy atom. The van der Waals surface area contributed by atoms with Crippen molar-refractivity contribution in [2.75, 3.05) is 6.61 Å². The molecule has 0 atom stereocenters. The lowest BCUT2D eigenvalue weighted by Gasteiger charge is -2.04. The molecule has 6 heteroatoms. The first-order chi connectivity index (χ1) is 7.59. The van der Waals surface area contributed by atoms with Crippen LogP contribution in [0.4, 0.5) is 0 Å². The molecular formula is C10H11BO5. The number of hydrogen-bond donors (Lipinski definition) is 3. The van der Waals surface area contributed by atoms with Gasteiger partial charge < -0.3 is 19.9 Å². The lowest BCUT2D eigenvalue weighted by Crippen LogP contribution is -2.29. The summed E-state index contributed by atoms with van der Waals surface area (Å²) in [4.78, 5) is 10.1. The van der Waals surface area contributed by atoms with Crippen LogP contribution in [0.15, 0.2) is 36.4 Å². The Hall–Kier alpha value is -1.79. The van der Waals surface area contributed by atoms with E-state index in [2.05, 4.69) is 0 Å². The summed E-state index contributed by atoms with van der Waals surface area (Å²) < 4.78 is 5.18. The van der Waals surface area contributed by atoms with Gasteiger partial charge in [0, 0.05) is 6.08 Å². The minimum Gasteiger partial charge on any atom is -0.490 e.